The maximum absolute atomic E-state index is 9.53. The maximum Gasteiger partial charge on any atom is 0.0587 e. The molecule has 2 aromatic rings. The summed E-state index contributed by atoms with van der Waals surface area (Å²) in [4.78, 5) is 0. The fourth-order valence-corrected chi connectivity index (χ4v) is 2.47. The summed E-state index contributed by atoms with van der Waals surface area (Å²) in [5.74, 6) is 0. The number of nitrogens with one attached hydrogen (secondary N) is 1. The maximum atomic E-state index is 9.53. The Morgan fingerprint density at radius 1 is 1.20 bits per heavy atom. The number of hydrogen-bond acceptors (Lipinski definition) is 2. The lowest BCUT2D eigenvalue weighted by Gasteiger charge is -2.16. The Labute approximate surface area is 121 Å². The van der Waals surface area contributed by atoms with Gasteiger partial charge in [0.2, 0.25) is 0 Å². The number of benzene rings is 1. The lowest BCUT2D eigenvalue weighted by atomic mass is 10.1. The molecule has 1 aromatic heterocycles. The molecule has 0 saturated carbocycles. The number of aryl methyl sites for hydroxylation is 1. The van der Waals surface area contributed by atoms with Gasteiger partial charge in [0.1, 0.15) is 0 Å². The van der Waals surface area contributed by atoms with Gasteiger partial charge in [-0.05, 0) is 37.5 Å². The zero-order valence-electron chi connectivity index (χ0n) is 12.6. The number of aliphatic hydroxyl groups is 1. The first kappa shape index (κ1) is 14.8. The molecule has 2 rings (SSSR count). The van der Waals surface area contributed by atoms with Gasteiger partial charge >= 0.3 is 0 Å². The van der Waals surface area contributed by atoms with Crippen molar-refractivity contribution >= 4 is 0 Å². The third-order valence-corrected chi connectivity index (χ3v) is 4.01. The SMILES string of the molecule is Cc1cc(CN[C@H](CO)Cc2ccccc2)c(C)n1C. The van der Waals surface area contributed by atoms with E-state index in [1.807, 2.05) is 18.2 Å². The second kappa shape index (κ2) is 6.73. The first-order valence-electron chi connectivity index (χ1n) is 7.11. The Bertz CT molecular complexity index is 546. The number of aliphatic hydroxyl groups excluding tert-OH is 1. The van der Waals surface area contributed by atoms with Crippen molar-refractivity contribution in [1.29, 1.82) is 0 Å². The zero-order valence-corrected chi connectivity index (χ0v) is 12.6. The fraction of sp³-hybridized carbons (Fsp3) is 0.412. The average molecular weight is 272 g/mol. The summed E-state index contributed by atoms with van der Waals surface area (Å²) < 4.78 is 2.20. The summed E-state index contributed by atoms with van der Waals surface area (Å²) in [5, 5.41) is 13.0. The van der Waals surface area contributed by atoms with Crippen LogP contribution in [0.4, 0.5) is 0 Å². The van der Waals surface area contributed by atoms with Gasteiger partial charge in [0.05, 0.1) is 6.61 Å². The van der Waals surface area contributed by atoms with Crippen LogP contribution < -0.4 is 5.32 Å². The van der Waals surface area contributed by atoms with E-state index in [0.717, 1.165) is 13.0 Å². The molecule has 1 aromatic carbocycles. The summed E-state index contributed by atoms with van der Waals surface area (Å²) >= 11 is 0. The van der Waals surface area contributed by atoms with Gasteiger partial charge in [-0.3, -0.25) is 0 Å². The molecule has 1 heterocycles. The minimum atomic E-state index is 0.0947. The van der Waals surface area contributed by atoms with Crippen LogP contribution in [-0.4, -0.2) is 22.3 Å². The van der Waals surface area contributed by atoms with E-state index in [-0.39, 0.29) is 12.6 Å². The van der Waals surface area contributed by atoms with Crippen molar-refractivity contribution in [2.75, 3.05) is 6.61 Å². The molecule has 0 fully saturated rings. The van der Waals surface area contributed by atoms with Gasteiger partial charge in [-0.2, -0.15) is 0 Å². The molecule has 108 valence electrons. The van der Waals surface area contributed by atoms with Crippen molar-refractivity contribution in [3.63, 3.8) is 0 Å². The minimum Gasteiger partial charge on any atom is -0.395 e. The third kappa shape index (κ3) is 3.50. The molecule has 2 N–H and O–H groups in total. The highest BCUT2D eigenvalue weighted by molar-refractivity contribution is 5.26. The Kier molecular flexibility index (Phi) is 4.99. The summed E-state index contributed by atoms with van der Waals surface area (Å²) in [6.07, 6.45) is 0.849. The summed E-state index contributed by atoms with van der Waals surface area (Å²) in [5.41, 5.74) is 5.10. The number of rotatable bonds is 6. The molecule has 0 aliphatic carbocycles. The second-order valence-corrected chi connectivity index (χ2v) is 5.41. The van der Waals surface area contributed by atoms with Gasteiger partial charge in [-0.25, -0.2) is 0 Å². The van der Waals surface area contributed by atoms with Gasteiger partial charge in [-0.1, -0.05) is 30.3 Å². The molecule has 0 radical (unpaired) electrons. The predicted octanol–water partition coefficient (Wildman–Crippen LogP) is 2.34. The zero-order chi connectivity index (χ0) is 14.5. The van der Waals surface area contributed by atoms with E-state index in [1.54, 1.807) is 0 Å². The average Bonchev–Trinajstić information content (AvgIpc) is 2.72. The van der Waals surface area contributed by atoms with Crippen molar-refractivity contribution in [2.24, 2.45) is 7.05 Å². The van der Waals surface area contributed by atoms with Crippen molar-refractivity contribution in [3.05, 3.63) is 58.9 Å². The van der Waals surface area contributed by atoms with Crippen molar-refractivity contribution < 1.29 is 5.11 Å². The molecule has 0 aliphatic rings. The van der Waals surface area contributed by atoms with Gasteiger partial charge < -0.3 is 15.0 Å². The Morgan fingerprint density at radius 2 is 1.90 bits per heavy atom. The van der Waals surface area contributed by atoms with Gasteiger partial charge in [-0.15, -0.1) is 0 Å². The van der Waals surface area contributed by atoms with Crippen molar-refractivity contribution in [2.45, 2.75) is 32.9 Å². The molecule has 0 bridgehead atoms. The Balaban J connectivity index is 1.95. The summed E-state index contributed by atoms with van der Waals surface area (Å²) in [6, 6.07) is 12.6. The fourth-order valence-electron chi connectivity index (χ4n) is 2.47. The molecular formula is C17H24N2O. The molecule has 0 saturated heterocycles. The quantitative estimate of drug-likeness (QED) is 0.847. The summed E-state index contributed by atoms with van der Waals surface area (Å²) in [6.45, 7) is 5.20. The van der Waals surface area contributed by atoms with E-state index in [9.17, 15) is 5.11 Å². The van der Waals surface area contributed by atoms with Crippen LogP contribution in [0, 0.1) is 13.8 Å². The molecule has 0 spiro atoms. The van der Waals surface area contributed by atoms with Crippen LogP contribution in [0.5, 0.6) is 0 Å². The van der Waals surface area contributed by atoms with Crippen LogP contribution in [0.3, 0.4) is 0 Å². The topological polar surface area (TPSA) is 37.2 Å². The Hall–Kier alpha value is -1.58. The highest BCUT2D eigenvalue weighted by Gasteiger charge is 2.10. The lowest BCUT2D eigenvalue weighted by molar-refractivity contribution is 0.240. The number of nitrogens with zero attached hydrogens (tertiary/aromatic N) is 1. The standard InChI is InChI=1S/C17H24N2O/c1-13-9-16(14(2)19(13)3)11-18-17(12-20)10-15-7-5-4-6-8-15/h4-9,17-18,20H,10-12H2,1-3H3/t17-/m0/s1. The van der Waals surface area contributed by atoms with Crippen LogP contribution in [-0.2, 0) is 20.0 Å². The van der Waals surface area contributed by atoms with Crippen molar-refractivity contribution in [1.82, 2.24) is 9.88 Å². The highest BCUT2D eigenvalue weighted by atomic mass is 16.3. The molecule has 20 heavy (non-hydrogen) atoms. The normalized spacial score (nSPS) is 12.6. The first-order valence-corrected chi connectivity index (χ1v) is 7.11. The van der Waals surface area contributed by atoms with Crippen LogP contribution in [0.15, 0.2) is 36.4 Å². The molecule has 3 heteroatoms. The third-order valence-electron chi connectivity index (χ3n) is 4.01. The molecule has 0 unspecified atom stereocenters. The van der Waals surface area contributed by atoms with E-state index in [1.165, 1.54) is 22.5 Å². The predicted molar refractivity (Wildman–Crippen MR) is 82.7 cm³/mol. The lowest BCUT2D eigenvalue weighted by Crippen LogP contribution is -2.34. The van der Waals surface area contributed by atoms with Crippen molar-refractivity contribution in [3.8, 4) is 0 Å². The van der Waals surface area contributed by atoms with Gasteiger partial charge in [0.25, 0.3) is 0 Å². The molecule has 0 amide bonds. The molecule has 3 nitrogen and oxygen atoms in total. The van der Waals surface area contributed by atoms with Crippen LogP contribution >= 0.6 is 0 Å². The van der Waals surface area contributed by atoms with E-state index in [4.69, 9.17) is 0 Å². The number of hydrogen-bond donors (Lipinski definition) is 2. The van der Waals surface area contributed by atoms with E-state index < -0.39 is 0 Å². The van der Waals surface area contributed by atoms with Crippen LogP contribution in [0.1, 0.15) is 22.5 Å². The monoisotopic (exact) mass is 272 g/mol. The largest absolute Gasteiger partial charge is 0.395 e. The minimum absolute atomic E-state index is 0.0947. The molecular weight excluding hydrogens is 248 g/mol. The summed E-state index contributed by atoms with van der Waals surface area (Å²) in [7, 11) is 2.08. The molecule has 1 atom stereocenters. The van der Waals surface area contributed by atoms with Crippen LogP contribution in [0.2, 0.25) is 0 Å². The highest BCUT2D eigenvalue weighted by Crippen LogP contribution is 2.13. The van der Waals surface area contributed by atoms with Gasteiger partial charge in [0, 0.05) is 31.0 Å². The van der Waals surface area contributed by atoms with Gasteiger partial charge in [0.15, 0.2) is 0 Å². The van der Waals surface area contributed by atoms with E-state index in [0.29, 0.717) is 0 Å². The first-order chi connectivity index (χ1) is 9.61. The Morgan fingerprint density at radius 3 is 2.45 bits per heavy atom. The van der Waals surface area contributed by atoms with E-state index >= 15 is 0 Å². The molecule has 0 aliphatic heterocycles. The smallest absolute Gasteiger partial charge is 0.0587 e. The van der Waals surface area contributed by atoms with Crippen LogP contribution in [0.25, 0.3) is 0 Å². The van der Waals surface area contributed by atoms with E-state index in [2.05, 4.69) is 49.0 Å². The number of aromatic nitrogens is 1. The second-order valence-electron chi connectivity index (χ2n) is 5.41.